The number of ether oxygens (including phenoxy) is 2. The fourth-order valence-corrected chi connectivity index (χ4v) is 2.35. The first kappa shape index (κ1) is 18.8. The number of hydrogen-bond acceptors (Lipinski definition) is 7. The lowest BCUT2D eigenvalue weighted by Crippen LogP contribution is -2.13. The fraction of sp³-hybridized carbons (Fsp3) is 0.100. The predicted molar refractivity (Wildman–Crippen MR) is 104 cm³/mol. The largest absolute Gasteiger partial charge is 0.497 e. The first-order valence-electron chi connectivity index (χ1n) is 8.33. The molecule has 8 nitrogen and oxygen atoms in total. The van der Waals surface area contributed by atoms with Crippen LogP contribution < -0.4 is 15.4 Å². The number of rotatable bonds is 6. The van der Waals surface area contributed by atoms with Crippen LogP contribution >= 0.6 is 0 Å². The molecule has 0 aliphatic heterocycles. The number of carbonyl (C=O) groups is 2. The van der Waals surface area contributed by atoms with Crippen molar-refractivity contribution < 1.29 is 19.1 Å². The molecule has 0 unspecified atom stereocenters. The van der Waals surface area contributed by atoms with E-state index in [1.807, 2.05) is 0 Å². The second-order valence-corrected chi connectivity index (χ2v) is 5.68. The molecule has 0 saturated heterocycles. The van der Waals surface area contributed by atoms with E-state index in [2.05, 4.69) is 25.6 Å². The highest BCUT2D eigenvalue weighted by molar-refractivity contribution is 6.03. The van der Waals surface area contributed by atoms with Crippen molar-refractivity contribution in [2.45, 2.75) is 0 Å². The van der Waals surface area contributed by atoms with Crippen LogP contribution in [0, 0.1) is 0 Å². The van der Waals surface area contributed by atoms with Crippen molar-refractivity contribution in [2.75, 3.05) is 24.9 Å². The Kier molecular flexibility index (Phi) is 5.81. The van der Waals surface area contributed by atoms with Gasteiger partial charge in [0, 0.05) is 11.3 Å². The molecule has 142 valence electrons. The minimum atomic E-state index is -0.400. The molecule has 3 rings (SSSR count). The number of hydrogen-bond donors (Lipinski definition) is 2. The van der Waals surface area contributed by atoms with Gasteiger partial charge in [-0.05, 0) is 60.7 Å². The van der Waals surface area contributed by atoms with Crippen LogP contribution in [0.3, 0.4) is 0 Å². The zero-order valence-corrected chi connectivity index (χ0v) is 15.3. The van der Waals surface area contributed by atoms with Crippen LogP contribution in [0.5, 0.6) is 5.75 Å². The smallest absolute Gasteiger partial charge is 0.337 e. The van der Waals surface area contributed by atoms with Crippen molar-refractivity contribution in [2.24, 2.45) is 0 Å². The van der Waals surface area contributed by atoms with Gasteiger partial charge in [0.25, 0.3) is 5.91 Å². The van der Waals surface area contributed by atoms with Gasteiger partial charge in [-0.3, -0.25) is 4.79 Å². The number of amides is 1. The lowest BCUT2D eigenvalue weighted by molar-refractivity contribution is 0.0600. The monoisotopic (exact) mass is 378 g/mol. The third-order valence-electron chi connectivity index (χ3n) is 3.84. The second kappa shape index (κ2) is 8.63. The molecule has 2 aromatic carbocycles. The Hall–Kier alpha value is -3.94. The Morgan fingerprint density at radius 1 is 0.786 bits per heavy atom. The molecule has 1 heterocycles. The van der Waals surface area contributed by atoms with Crippen molar-refractivity contribution in [3.05, 3.63) is 71.8 Å². The van der Waals surface area contributed by atoms with Crippen LogP contribution in [0.15, 0.2) is 60.7 Å². The molecular formula is C20H18N4O4. The number of anilines is 3. The highest BCUT2D eigenvalue weighted by atomic mass is 16.5. The van der Waals surface area contributed by atoms with Crippen LogP contribution in [-0.4, -0.2) is 36.3 Å². The van der Waals surface area contributed by atoms with Gasteiger partial charge in [-0.25, -0.2) is 4.79 Å². The molecule has 2 N–H and O–H groups in total. The maximum Gasteiger partial charge on any atom is 0.337 e. The number of benzene rings is 2. The molecule has 0 atom stereocenters. The van der Waals surface area contributed by atoms with Gasteiger partial charge >= 0.3 is 5.97 Å². The summed E-state index contributed by atoms with van der Waals surface area (Å²) in [5.74, 6) is 0.798. The molecule has 0 bridgehead atoms. The van der Waals surface area contributed by atoms with Crippen LogP contribution in [0.2, 0.25) is 0 Å². The average molecular weight is 378 g/mol. The van der Waals surface area contributed by atoms with Crippen LogP contribution in [0.4, 0.5) is 17.3 Å². The summed E-state index contributed by atoms with van der Waals surface area (Å²) < 4.78 is 9.73. The maximum absolute atomic E-state index is 12.2. The number of methoxy groups -OCH3 is 2. The minimum absolute atomic E-state index is 0.295. The summed E-state index contributed by atoms with van der Waals surface area (Å²) in [5, 5.41) is 13.8. The predicted octanol–water partition coefficient (Wildman–Crippen LogP) is 3.27. The average Bonchev–Trinajstić information content (AvgIpc) is 2.75. The molecule has 3 aromatic rings. The summed E-state index contributed by atoms with van der Waals surface area (Å²) in [6.45, 7) is 0. The first-order valence-corrected chi connectivity index (χ1v) is 8.33. The second-order valence-electron chi connectivity index (χ2n) is 5.68. The topological polar surface area (TPSA) is 102 Å². The summed E-state index contributed by atoms with van der Waals surface area (Å²) in [6, 6.07) is 16.8. The fourth-order valence-electron chi connectivity index (χ4n) is 2.35. The SMILES string of the molecule is COC(=O)c1ccc(Nc2ccc(NC(=O)c3ccc(OC)cc3)nn2)cc1. The number of aromatic nitrogens is 2. The van der Waals surface area contributed by atoms with E-state index >= 15 is 0 Å². The van der Waals surface area contributed by atoms with Gasteiger partial charge < -0.3 is 20.1 Å². The quantitative estimate of drug-likeness (QED) is 0.635. The molecule has 0 aliphatic rings. The van der Waals surface area contributed by atoms with Crippen LogP contribution in [0.1, 0.15) is 20.7 Å². The third kappa shape index (κ3) is 4.61. The van der Waals surface area contributed by atoms with Crippen molar-refractivity contribution in [3.8, 4) is 5.75 Å². The normalized spacial score (nSPS) is 10.1. The summed E-state index contributed by atoms with van der Waals surface area (Å²) in [5.41, 5.74) is 1.67. The zero-order chi connectivity index (χ0) is 19.9. The van der Waals surface area contributed by atoms with Gasteiger partial charge in [-0.1, -0.05) is 0 Å². The molecule has 0 aliphatic carbocycles. The van der Waals surface area contributed by atoms with Crippen molar-refractivity contribution in [3.63, 3.8) is 0 Å². The molecule has 0 radical (unpaired) electrons. The van der Waals surface area contributed by atoms with Crippen LogP contribution in [0.25, 0.3) is 0 Å². The van der Waals surface area contributed by atoms with E-state index in [1.165, 1.54) is 7.11 Å². The Balaban J connectivity index is 1.61. The molecular weight excluding hydrogens is 360 g/mol. The van der Waals surface area contributed by atoms with E-state index in [4.69, 9.17) is 4.74 Å². The molecule has 0 spiro atoms. The van der Waals surface area contributed by atoms with Gasteiger partial charge in [0.1, 0.15) is 5.75 Å². The van der Waals surface area contributed by atoms with E-state index in [-0.39, 0.29) is 5.91 Å². The number of nitrogens with one attached hydrogen (secondary N) is 2. The lowest BCUT2D eigenvalue weighted by Gasteiger charge is -2.08. The van der Waals surface area contributed by atoms with Gasteiger partial charge in [0.2, 0.25) is 0 Å². The highest BCUT2D eigenvalue weighted by Crippen LogP contribution is 2.17. The van der Waals surface area contributed by atoms with Gasteiger partial charge in [0.05, 0.1) is 19.8 Å². The van der Waals surface area contributed by atoms with Crippen molar-refractivity contribution >= 4 is 29.2 Å². The molecule has 28 heavy (non-hydrogen) atoms. The lowest BCUT2D eigenvalue weighted by atomic mass is 10.2. The summed E-state index contributed by atoms with van der Waals surface area (Å²) in [4.78, 5) is 23.7. The summed E-state index contributed by atoms with van der Waals surface area (Å²) >= 11 is 0. The Morgan fingerprint density at radius 2 is 1.39 bits per heavy atom. The Labute approximate surface area is 161 Å². The summed E-state index contributed by atoms with van der Waals surface area (Å²) in [6.07, 6.45) is 0. The number of esters is 1. The number of carbonyl (C=O) groups excluding carboxylic acids is 2. The molecule has 0 saturated carbocycles. The van der Waals surface area contributed by atoms with E-state index < -0.39 is 5.97 Å². The first-order chi connectivity index (χ1) is 13.6. The van der Waals surface area contributed by atoms with E-state index in [1.54, 1.807) is 67.8 Å². The molecule has 0 fully saturated rings. The third-order valence-corrected chi connectivity index (χ3v) is 3.84. The number of nitrogens with zero attached hydrogens (tertiary/aromatic N) is 2. The molecule has 1 amide bonds. The van der Waals surface area contributed by atoms with Gasteiger partial charge in [-0.2, -0.15) is 0 Å². The Bertz CT molecular complexity index is 955. The van der Waals surface area contributed by atoms with Crippen molar-refractivity contribution in [1.82, 2.24) is 10.2 Å². The van der Waals surface area contributed by atoms with Crippen molar-refractivity contribution in [1.29, 1.82) is 0 Å². The van der Waals surface area contributed by atoms with Gasteiger partial charge in [0.15, 0.2) is 11.6 Å². The minimum Gasteiger partial charge on any atom is -0.497 e. The van der Waals surface area contributed by atoms with E-state index in [0.29, 0.717) is 28.5 Å². The summed E-state index contributed by atoms with van der Waals surface area (Å²) in [7, 11) is 2.90. The Morgan fingerprint density at radius 3 is 1.96 bits per heavy atom. The van der Waals surface area contributed by atoms with Crippen LogP contribution in [-0.2, 0) is 4.74 Å². The van der Waals surface area contributed by atoms with E-state index in [0.717, 1.165) is 5.69 Å². The maximum atomic E-state index is 12.2. The zero-order valence-electron chi connectivity index (χ0n) is 15.3. The standard InChI is InChI=1S/C20H18N4O4/c1-27-16-9-5-13(6-10-16)19(25)22-18-12-11-17(23-24-18)21-15-7-3-14(4-8-15)20(26)28-2/h3-12H,1-2H3,(H,21,23)(H,22,24,25). The highest BCUT2D eigenvalue weighted by Gasteiger charge is 2.08. The van der Waals surface area contributed by atoms with Gasteiger partial charge in [-0.15, -0.1) is 10.2 Å². The molecule has 1 aromatic heterocycles. The van der Waals surface area contributed by atoms with E-state index in [9.17, 15) is 9.59 Å². The molecule has 8 heteroatoms.